The maximum absolute atomic E-state index is 13.1. The van der Waals surface area contributed by atoms with Crippen molar-refractivity contribution >= 4 is 17.6 Å². The van der Waals surface area contributed by atoms with Crippen molar-refractivity contribution in [2.75, 3.05) is 5.32 Å². The van der Waals surface area contributed by atoms with E-state index in [2.05, 4.69) is 5.32 Å². The minimum absolute atomic E-state index is 0.00857. The van der Waals surface area contributed by atoms with E-state index in [0.717, 1.165) is 5.56 Å². The number of carboxylic acids is 1. The second-order valence-corrected chi connectivity index (χ2v) is 6.41. The van der Waals surface area contributed by atoms with Crippen LogP contribution in [0.3, 0.4) is 0 Å². The number of hydrogen-bond acceptors (Lipinski definition) is 2. The van der Waals surface area contributed by atoms with E-state index in [9.17, 15) is 27.9 Å². The summed E-state index contributed by atoms with van der Waals surface area (Å²) in [5.41, 5.74) is -0.403. The van der Waals surface area contributed by atoms with Gasteiger partial charge in [-0.2, -0.15) is 13.2 Å². The molecule has 26 heavy (non-hydrogen) atoms. The number of carboxylic acid groups (broad SMARTS) is 1. The van der Waals surface area contributed by atoms with Gasteiger partial charge >= 0.3 is 12.1 Å². The Hall–Kier alpha value is -2.83. The largest absolute Gasteiger partial charge is 0.478 e. The number of halogens is 3. The Balaban J connectivity index is 1.98. The third-order valence-corrected chi connectivity index (χ3v) is 4.67. The number of alkyl halides is 3. The third-order valence-electron chi connectivity index (χ3n) is 4.67. The summed E-state index contributed by atoms with van der Waals surface area (Å²) in [6.07, 6.45) is -5.07. The molecule has 4 nitrogen and oxygen atoms in total. The Labute approximate surface area is 147 Å². The number of rotatable bonds is 4. The first-order valence-electron chi connectivity index (χ1n) is 7.97. The summed E-state index contributed by atoms with van der Waals surface area (Å²) in [4.78, 5) is 23.6. The van der Waals surface area contributed by atoms with E-state index in [1.54, 1.807) is 31.2 Å². The van der Waals surface area contributed by atoms with Crippen molar-refractivity contribution in [1.82, 2.24) is 0 Å². The average Bonchev–Trinajstić information content (AvgIpc) is 3.36. The van der Waals surface area contributed by atoms with Crippen molar-refractivity contribution in [3.05, 3.63) is 53.6 Å². The smallest absolute Gasteiger partial charge is 0.403 e. The van der Waals surface area contributed by atoms with Gasteiger partial charge in [0.2, 0.25) is 5.91 Å². The highest BCUT2D eigenvalue weighted by molar-refractivity contribution is 6.01. The molecule has 0 heterocycles. The number of amides is 1. The summed E-state index contributed by atoms with van der Waals surface area (Å²) >= 11 is 0. The quantitative estimate of drug-likeness (QED) is 0.832. The predicted molar refractivity (Wildman–Crippen MR) is 89.9 cm³/mol. The van der Waals surface area contributed by atoms with E-state index in [1.807, 2.05) is 0 Å². The molecular weight excluding hydrogens is 347 g/mol. The molecule has 0 radical (unpaired) electrons. The van der Waals surface area contributed by atoms with Gasteiger partial charge in [-0.1, -0.05) is 24.3 Å². The Bertz CT molecular complexity index is 886. The Kier molecular flexibility index (Phi) is 4.26. The van der Waals surface area contributed by atoms with Crippen LogP contribution < -0.4 is 5.32 Å². The molecule has 1 amide bonds. The number of carbonyl (C=O) groups excluding carboxylic acids is 1. The van der Waals surface area contributed by atoms with Crippen LogP contribution in [0, 0.1) is 12.3 Å². The van der Waals surface area contributed by atoms with Gasteiger partial charge in [-0.3, -0.25) is 4.79 Å². The van der Waals surface area contributed by atoms with E-state index >= 15 is 0 Å². The van der Waals surface area contributed by atoms with E-state index < -0.39 is 23.5 Å². The van der Waals surface area contributed by atoms with Gasteiger partial charge in [-0.15, -0.1) is 0 Å². The van der Waals surface area contributed by atoms with Gasteiger partial charge in [-0.05, 0) is 54.7 Å². The highest BCUT2D eigenvalue weighted by Gasteiger charge is 2.68. The molecule has 0 bridgehead atoms. The van der Waals surface area contributed by atoms with Gasteiger partial charge in [0.05, 0.1) is 5.56 Å². The molecule has 1 fully saturated rings. The number of hydrogen-bond donors (Lipinski definition) is 2. The van der Waals surface area contributed by atoms with E-state index in [1.165, 1.54) is 18.2 Å². The van der Waals surface area contributed by atoms with Crippen LogP contribution in [0.1, 0.15) is 28.8 Å². The van der Waals surface area contributed by atoms with Crippen LogP contribution >= 0.6 is 0 Å². The minimum atomic E-state index is -4.60. The van der Waals surface area contributed by atoms with Gasteiger partial charge in [0, 0.05) is 5.69 Å². The summed E-state index contributed by atoms with van der Waals surface area (Å²) in [7, 11) is 0. The van der Waals surface area contributed by atoms with Gasteiger partial charge < -0.3 is 10.4 Å². The topological polar surface area (TPSA) is 66.4 Å². The normalized spacial score (nSPS) is 15.4. The van der Waals surface area contributed by atoms with Crippen LogP contribution in [0.2, 0.25) is 0 Å². The maximum Gasteiger partial charge on any atom is 0.403 e. The van der Waals surface area contributed by atoms with Crippen molar-refractivity contribution in [2.24, 2.45) is 5.41 Å². The summed E-state index contributed by atoms with van der Waals surface area (Å²) in [5, 5.41) is 11.7. The molecule has 1 aliphatic rings. The fraction of sp³-hybridized carbons (Fsp3) is 0.263. The number of nitrogens with one attached hydrogen (secondary N) is 1. The molecule has 3 rings (SSSR count). The van der Waals surface area contributed by atoms with E-state index in [0.29, 0.717) is 11.1 Å². The number of aromatic carboxylic acids is 1. The monoisotopic (exact) mass is 363 g/mol. The lowest BCUT2D eigenvalue weighted by Crippen LogP contribution is -2.36. The van der Waals surface area contributed by atoms with Crippen LogP contribution in [0.15, 0.2) is 42.5 Å². The van der Waals surface area contributed by atoms with Crippen molar-refractivity contribution in [1.29, 1.82) is 0 Å². The zero-order chi connectivity index (χ0) is 19.1. The molecule has 0 unspecified atom stereocenters. The van der Waals surface area contributed by atoms with Crippen LogP contribution in [0.4, 0.5) is 18.9 Å². The number of carbonyl (C=O) groups is 2. The predicted octanol–water partition coefficient (Wildman–Crippen LogP) is 4.64. The standard InChI is InChI=1S/C19H16F3NO3/c1-11-4-2-3-5-13(11)15-10-12(6-7-14(15)16(24)25)23-17(26)18(8-9-18)19(20,21)22/h2-7,10H,8-9H2,1H3,(H,23,26)(H,24,25). The van der Waals surface area contributed by atoms with Gasteiger partial charge in [0.25, 0.3) is 0 Å². The summed E-state index contributed by atoms with van der Waals surface area (Å²) < 4.78 is 39.2. The molecule has 0 aliphatic heterocycles. The molecule has 1 saturated carbocycles. The Morgan fingerprint density at radius 1 is 1.08 bits per heavy atom. The lowest BCUT2D eigenvalue weighted by atomic mass is 9.95. The third kappa shape index (κ3) is 3.05. The summed E-state index contributed by atoms with van der Waals surface area (Å²) in [6.45, 7) is 1.80. The zero-order valence-electron chi connectivity index (χ0n) is 13.9. The summed E-state index contributed by atoms with van der Waals surface area (Å²) in [5.74, 6) is -2.26. The first-order valence-corrected chi connectivity index (χ1v) is 7.97. The molecule has 0 aromatic heterocycles. The molecule has 136 valence electrons. The van der Waals surface area contributed by atoms with Gasteiger partial charge in [0.1, 0.15) is 5.41 Å². The number of anilines is 1. The van der Waals surface area contributed by atoms with E-state index in [4.69, 9.17) is 0 Å². The molecule has 7 heteroatoms. The highest BCUT2D eigenvalue weighted by Crippen LogP contribution is 2.58. The summed E-state index contributed by atoms with van der Waals surface area (Å²) in [6, 6.07) is 11.0. The van der Waals surface area contributed by atoms with E-state index in [-0.39, 0.29) is 24.1 Å². The van der Waals surface area contributed by atoms with Crippen molar-refractivity contribution in [3.8, 4) is 11.1 Å². The van der Waals surface area contributed by atoms with Crippen molar-refractivity contribution in [2.45, 2.75) is 25.9 Å². The second kappa shape index (κ2) is 6.16. The SMILES string of the molecule is Cc1ccccc1-c1cc(NC(=O)C2(C(F)(F)F)CC2)ccc1C(=O)O. The minimum Gasteiger partial charge on any atom is -0.478 e. The van der Waals surface area contributed by atoms with Crippen LogP contribution in [-0.2, 0) is 4.79 Å². The highest BCUT2D eigenvalue weighted by atomic mass is 19.4. The van der Waals surface area contributed by atoms with Crippen LogP contribution in [0.25, 0.3) is 11.1 Å². The molecule has 0 saturated heterocycles. The number of aryl methyl sites for hydroxylation is 1. The Morgan fingerprint density at radius 3 is 2.27 bits per heavy atom. The second-order valence-electron chi connectivity index (χ2n) is 6.41. The molecule has 2 aromatic rings. The molecule has 0 atom stereocenters. The number of benzene rings is 2. The first-order chi connectivity index (χ1) is 12.2. The van der Waals surface area contributed by atoms with Crippen molar-refractivity contribution < 1.29 is 27.9 Å². The fourth-order valence-corrected chi connectivity index (χ4v) is 2.92. The maximum atomic E-state index is 13.1. The lowest BCUT2D eigenvalue weighted by Gasteiger charge is -2.19. The van der Waals surface area contributed by atoms with Gasteiger partial charge in [-0.25, -0.2) is 4.79 Å². The van der Waals surface area contributed by atoms with Crippen molar-refractivity contribution in [3.63, 3.8) is 0 Å². The average molecular weight is 363 g/mol. The zero-order valence-corrected chi connectivity index (χ0v) is 13.9. The molecule has 0 spiro atoms. The first kappa shape index (κ1) is 18.0. The van der Waals surface area contributed by atoms with Crippen LogP contribution in [-0.4, -0.2) is 23.2 Å². The molecular formula is C19H16F3NO3. The van der Waals surface area contributed by atoms with Crippen LogP contribution in [0.5, 0.6) is 0 Å². The fourth-order valence-electron chi connectivity index (χ4n) is 2.92. The lowest BCUT2D eigenvalue weighted by molar-refractivity contribution is -0.189. The molecule has 1 aliphatic carbocycles. The Morgan fingerprint density at radius 2 is 1.73 bits per heavy atom. The van der Waals surface area contributed by atoms with Gasteiger partial charge in [0.15, 0.2) is 0 Å². The molecule has 2 aromatic carbocycles. The molecule has 2 N–H and O–H groups in total.